The van der Waals surface area contributed by atoms with Gasteiger partial charge >= 0.3 is 0 Å². The average molecular weight is 531 g/mol. The predicted molar refractivity (Wildman–Crippen MR) is 127 cm³/mol. The Labute approximate surface area is 206 Å². The smallest absolute Gasteiger partial charge is 0.280 e. The number of halogens is 1. The van der Waals surface area contributed by atoms with Gasteiger partial charge in [0, 0.05) is 39.3 Å². The molecule has 1 fully saturated rings. The number of carbonyl (C=O) groups excluding carboxylic acids is 1. The molecule has 1 amide bonds. The summed E-state index contributed by atoms with van der Waals surface area (Å²) in [5.41, 5.74) is 0.185. The number of nitrogens with one attached hydrogen (secondary N) is 1. The maximum Gasteiger partial charge on any atom is 0.280 e. The van der Waals surface area contributed by atoms with Gasteiger partial charge < -0.3 is 19.0 Å². The highest BCUT2D eigenvalue weighted by Crippen LogP contribution is 2.20. The van der Waals surface area contributed by atoms with E-state index in [1.165, 1.54) is 42.8 Å². The average Bonchev–Trinajstić information content (AvgIpc) is 3.51. The predicted octanol–water partition coefficient (Wildman–Crippen LogP) is 1.71. The van der Waals surface area contributed by atoms with Crippen LogP contribution in [0.4, 0.5) is 9.52 Å². The monoisotopic (exact) mass is 530 g/mol. The molecule has 2 heterocycles. The molecule has 1 aliphatic heterocycles. The molecular weight excluding hydrogens is 503 g/mol. The third-order valence-corrected chi connectivity index (χ3v) is 7.56. The first-order valence-electron chi connectivity index (χ1n) is 10.7. The van der Waals surface area contributed by atoms with Gasteiger partial charge in [0.15, 0.2) is 22.1 Å². The highest BCUT2D eigenvalue weighted by molar-refractivity contribution is 7.89. The molecule has 14 heteroatoms. The molecule has 1 N–H and O–H groups in total. The third-order valence-electron chi connectivity index (χ3n) is 4.95. The summed E-state index contributed by atoms with van der Waals surface area (Å²) in [5.74, 6) is -0.685. The highest BCUT2D eigenvalue weighted by atomic mass is 32.2. The number of benzene rings is 1. The zero-order chi connectivity index (χ0) is 25.3. The lowest BCUT2D eigenvalue weighted by molar-refractivity contribution is -0.110. The zero-order valence-electron chi connectivity index (χ0n) is 19.3. The number of oxime groups is 1. The van der Waals surface area contributed by atoms with Gasteiger partial charge in [-0.15, -0.1) is 0 Å². The van der Waals surface area contributed by atoms with Crippen molar-refractivity contribution >= 4 is 38.1 Å². The molecule has 1 aliphatic rings. The summed E-state index contributed by atoms with van der Waals surface area (Å²) in [6.07, 6.45) is 1.29. The molecule has 0 saturated carbocycles. The van der Waals surface area contributed by atoms with Crippen molar-refractivity contribution in [2.24, 2.45) is 5.16 Å². The van der Waals surface area contributed by atoms with Gasteiger partial charge in [0.25, 0.3) is 5.91 Å². The molecule has 0 spiro atoms. The van der Waals surface area contributed by atoms with E-state index in [1.54, 1.807) is 0 Å². The number of hydrogen-bond donors (Lipinski definition) is 1. The summed E-state index contributed by atoms with van der Waals surface area (Å²) in [4.78, 5) is 22.2. The Balaban J connectivity index is 1.84. The molecule has 1 atom stereocenters. The number of ether oxygens (including phenoxy) is 3. The van der Waals surface area contributed by atoms with Gasteiger partial charge in [-0.25, -0.2) is 13.4 Å². The molecule has 0 bridgehead atoms. The van der Waals surface area contributed by atoms with Crippen molar-refractivity contribution in [3.63, 3.8) is 0 Å². The molecule has 1 aromatic carbocycles. The Hall–Kier alpha value is -2.49. The van der Waals surface area contributed by atoms with Gasteiger partial charge in [0.2, 0.25) is 10.0 Å². The van der Waals surface area contributed by atoms with Crippen LogP contribution in [0.5, 0.6) is 0 Å². The van der Waals surface area contributed by atoms with Crippen LogP contribution in [0.2, 0.25) is 0 Å². The van der Waals surface area contributed by atoms with E-state index in [9.17, 15) is 17.6 Å². The summed E-state index contributed by atoms with van der Waals surface area (Å²) in [6, 6.07) is 5.66. The minimum atomic E-state index is -3.84. The minimum absolute atomic E-state index is 0.0281. The van der Waals surface area contributed by atoms with Crippen LogP contribution >= 0.6 is 11.3 Å². The van der Waals surface area contributed by atoms with Crippen LogP contribution in [0.3, 0.4) is 0 Å². The Bertz CT molecular complexity index is 1100. The number of methoxy groups -OCH3 is 2. The number of carbonyl (C=O) groups is 1. The number of nitrogens with zero attached hydrogens (tertiary/aromatic N) is 3. The number of rotatable bonds is 13. The number of amides is 1. The van der Waals surface area contributed by atoms with Gasteiger partial charge in [0.1, 0.15) is 0 Å². The van der Waals surface area contributed by atoms with Crippen molar-refractivity contribution < 1.29 is 36.7 Å². The van der Waals surface area contributed by atoms with E-state index in [-0.39, 0.29) is 48.1 Å². The molecule has 11 nitrogen and oxygen atoms in total. The van der Waals surface area contributed by atoms with E-state index in [1.807, 2.05) is 0 Å². The Morgan fingerprint density at radius 3 is 2.49 bits per heavy atom. The van der Waals surface area contributed by atoms with E-state index >= 15 is 0 Å². The second-order valence-electron chi connectivity index (χ2n) is 7.37. The van der Waals surface area contributed by atoms with Crippen molar-refractivity contribution in [3.05, 3.63) is 41.2 Å². The lowest BCUT2D eigenvalue weighted by atomic mass is 10.1. The maximum atomic E-state index is 13.3. The van der Waals surface area contributed by atoms with Gasteiger partial charge in [-0.05, 0) is 12.1 Å². The van der Waals surface area contributed by atoms with Crippen LogP contribution < -0.4 is 5.32 Å². The topological polar surface area (TPSA) is 129 Å². The number of anilines is 1. The molecule has 1 aromatic heterocycles. The van der Waals surface area contributed by atoms with E-state index < -0.39 is 21.1 Å². The molecule has 2 aromatic rings. The summed E-state index contributed by atoms with van der Waals surface area (Å²) in [5, 5.41) is 5.98. The Kier molecular flexibility index (Phi) is 10.1. The standard InChI is InChI=1S/C21H27FN4O7S2/c1-30-11-8-26(9-12-31-2)35(28,29)17-5-3-15(4-6-17)19(25-33-16-7-10-32-14-16)20(27)24-21-23-13-18(22)34-21/h3-6,13,16H,7-12,14H2,1-2H3,(H,23,24,27)/t16-/m1/s1. The van der Waals surface area contributed by atoms with Gasteiger partial charge in [-0.2, -0.15) is 8.70 Å². The van der Waals surface area contributed by atoms with Crippen LogP contribution in [0, 0.1) is 5.13 Å². The number of hydrogen-bond acceptors (Lipinski definition) is 10. The van der Waals surface area contributed by atoms with Crippen LogP contribution in [-0.2, 0) is 33.9 Å². The van der Waals surface area contributed by atoms with Crippen LogP contribution in [0.25, 0.3) is 0 Å². The normalized spacial score (nSPS) is 16.6. The third kappa shape index (κ3) is 7.49. The van der Waals surface area contributed by atoms with E-state index in [2.05, 4.69) is 15.5 Å². The Morgan fingerprint density at radius 2 is 1.94 bits per heavy atom. The molecule has 35 heavy (non-hydrogen) atoms. The van der Waals surface area contributed by atoms with Gasteiger partial charge in [-0.1, -0.05) is 28.6 Å². The van der Waals surface area contributed by atoms with Crippen molar-refractivity contribution in [2.45, 2.75) is 17.4 Å². The summed E-state index contributed by atoms with van der Waals surface area (Å²) in [7, 11) is -0.869. The summed E-state index contributed by atoms with van der Waals surface area (Å²) < 4.78 is 56.1. The number of sulfonamides is 1. The van der Waals surface area contributed by atoms with Crippen LogP contribution in [0.1, 0.15) is 12.0 Å². The first-order chi connectivity index (χ1) is 16.8. The van der Waals surface area contributed by atoms with E-state index in [0.717, 1.165) is 6.20 Å². The molecule has 192 valence electrons. The largest absolute Gasteiger partial charge is 0.389 e. The van der Waals surface area contributed by atoms with Crippen molar-refractivity contribution in [2.75, 3.05) is 59.1 Å². The summed E-state index contributed by atoms with van der Waals surface area (Å²) in [6.45, 7) is 1.61. The van der Waals surface area contributed by atoms with Crippen molar-refractivity contribution in [1.82, 2.24) is 9.29 Å². The second kappa shape index (κ2) is 13.0. The fourth-order valence-corrected chi connectivity index (χ4v) is 5.04. The molecular formula is C21H27FN4O7S2. The lowest BCUT2D eigenvalue weighted by Gasteiger charge is -2.21. The lowest BCUT2D eigenvalue weighted by Crippen LogP contribution is -2.36. The second-order valence-corrected chi connectivity index (χ2v) is 10.3. The molecule has 0 aliphatic carbocycles. The number of aromatic nitrogens is 1. The number of thiazole rings is 1. The SMILES string of the molecule is COCCN(CCOC)S(=O)(=O)c1ccc(C(=NO[C@@H]2CCOC2)C(=O)Nc2ncc(F)s2)cc1. The highest BCUT2D eigenvalue weighted by Gasteiger charge is 2.26. The summed E-state index contributed by atoms with van der Waals surface area (Å²) >= 11 is 0.663. The molecule has 0 radical (unpaired) electrons. The van der Waals surface area contributed by atoms with E-state index in [4.69, 9.17) is 19.0 Å². The fourth-order valence-electron chi connectivity index (χ4n) is 3.09. The van der Waals surface area contributed by atoms with Crippen molar-refractivity contribution in [1.29, 1.82) is 0 Å². The Morgan fingerprint density at radius 1 is 1.26 bits per heavy atom. The molecule has 0 unspecified atom stereocenters. The van der Waals surface area contributed by atoms with Crippen LogP contribution in [-0.4, -0.2) is 89.2 Å². The molecule has 3 rings (SSSR count). The van der Waals surface area contributed by atoms with Crippen molar-refractivity contribution in [3.8, 4) is 0 Å². The zero-order valence-corrected chi connectivity index (χ0v) is 20.9. The fraction of sp³-hybridized carbons (Fsp3) is 0.476. The first-order valence-corrected chi connectivity index (χ1v) is 12.9. The van der Waals surface area contributed by atoms with Gasteiger partial charge in [0.05, 0.1) is 37.5 Å². The van der Waals surface area contributed by atoms with Gasteiger partial charge in [-0.3, -0.25) is 10.1 Å². The van der Waals surface area contributed by atoms with Crippen LogP contribution in [0.15, 0.2) is 40.5 Å². The minimum Gasteiger partial charge on any atom is -0.389 e. The first kappa shape index (κ1) is 27.1. The van der Waals surface area contributed by atoms with E-state index in [0.29, 0.717) is 36.5 Å². The quantitative estimate of drug-likeness (QED) is 0.306. The molecule has 1 saturated heterocycles. The maximum absolute atomic E-state index is 13.3.